The Morgan fingerprint density at radius 2 is 1.49 bits per heavy atom. The van der Waals surface area contributed by atoms with Gasteiger partial charge in [-0.3, -0.25) is 14.3 Å². The van der Waals surface area contributed by atoms with E-state index in [2.05, 4.69) is 4.98 Å². The first-order chi connectivity index (χ1) is 20.8. The van der Waals surface area contributed by atoms with Gasteiger partial charge in [-0.1, -0.05) is 65.7 Å². The van der Waals surface area contributed by atoms with Gasteiger partial charge in [0.05, 0.1) is 29.9 Å². The number of carbonyl (C=O) groups is 2. The number of aromatic nitrogens is 2. The third-order valence-corrected chi connectivity index (χ3v) is 7.11. The highest BCUT2D eigenvalue weighted by atomic mass is 16.6. The van der Waals surface area contributed by atoms with Crippen LogP contribution in [0.4, 0.5) is 0 Å². The maximum atomic E-state index is 13.0. The van der Waals surface area contributed by atoms with Crippen molar-refractivity contribution in [1.29, 1.82) is 0 Å². The molecule has 5 rings (SSSR count). The number of esters is 2. The molecule has 0 spiro atoms. The van der Waals surface area contributed by atoms with Crippen LogP contribution in [0.1, 0.15) is 55.6 Å². The molecule has 0 bridgehead atoms. The number of carbonyl (C=O) groups excluding carboxylic acids is 2. The zero-order chi connectivity index (χ0) is 30.3. The zero-order valence-electron chi connectivity index (χ0n) is 23.9. The molecule has 0 aliphatic carbocycles. The summed E-state index contributed by atoms with van der Waals surface area (Å²) in [7, 11) is 0. The fourth-order valence-electron chi connectivity index (χ4n) is 4.67. The number of aromatic amines is 1. The molecule has 3 aromatic carbocycles. The van der Waals surface area contributed by atoms with E-state index in [4.69, 9.17) is 18.9 Å². The second-order valence-electron chi connectivity index (χ2n) is 10.4. The lowest BCUT2D eigenvalue weighted by molar-refractivity contribution is -0.0583. The van der Waals surface area contributed by atoms with Gasteiger partial charge < -0.3 is 18.9 Å². The molecule has 0 unspecified atom stereocenters. The topological polar surface area (TPSA) is 126 Å². The summed E-state index contributed by atoms with van der Waals surface area (Å²) in [6.45, 7) is 3.84. The number of rotatable bonds is 10. The monoisotopic (exact) mass is 584 g/mol. The van der Waals surface area contributed by atoms with E-state index in [1.54, 1.807) is 48.5 Å². The fraction of sp³-hybridized carbons (Fsp3) is 0.273. The molecule has 1 fully saturated rings. The first kappa shape index (κ1) is 29.7. The summed E-state index contributed by atoms with van der Waals surface area (Å²) < 4.78 is 24.4. The molecule has 1 aliphatic rings. The highest BCUT2D eigenvalue weighted by molar-refractivity contribution is 5.90. The van der Waals surface area contributed by atoms with Gasteiger partial charge in [0, 0.05) is 12.6 Å². The van der Waals surface area contributed by atoms with Gasteiger partial charge in [-0.05, 0) is 43.7 Å². The lowest BCUT2D eigenvalue weighted by Gasteiger charge is -2.19. The van der Waals surface area contributed by atoms with Crippen molar-refractivity contribution in [2.75, 3.05) is 6.61 Å². The molecule has 222 valence electrons. The third-order valence-electron chi connectivity index (χ3n) is 7.11. The predicted octanol–water partition coefficient (Wildman–Crippen LogP) is 4.24. The van der Waals surface area contributed by atoms with E-state index in [0.29, 0.717) is 11.1 Å². The van der Waals surface area contributed by atoms with Crippen LogP contribution in [0.5, 0.6) is 0 Å². The van der Waals surface area contributed by atoms with E-state index in [1.807, 2.05) is 44.2 Å². The Kier molecular flexibility index (Phi) is 9.29. The van der Waals surface area contributed by atoms with Crippen LogP contribution in [0.3, 0.4) is 0 Å². The van der Waals surface area contributed by atoms with Crippen LogP contribution in [0.2, 0.25) is 0 Å². The minimum atomic E-state index is -0.906. The van der Waals surface area contributed by atoms with E-state index in [-0.39, 0.29) is 31.8 Å². The van der Waals surface area contributed by atoms with Crippen molar-refractivity contribution < 1.29 is 28.5 Å². The average molecular weight is 585 g/mol. The number of hydrogen-bond donors (Lipinski definition) is 1. The van der Waals surface area contributed by atoms with Crippen molar-refractivity contribution in [3.05, 3.63) is 139 Å². The van der Waals surface area contributed by atoms with Crippen molar-refractivity contribution in [1.82, 2.24) is 9.55 Å². The molecule has 1 N–H and O–H groups in total. The van der Waals surface area contributed by atoms with Gasteiger partial charge in [0.1, 0.15) is 25.0 Å². The molecule has 4 aromatic rings. The van der Waals surface area contributed by atoms with E-state index >= 15 is 0 Å². The molecule has 2 heterocycles. The Labute approximate surface area is 247 Å². The van der Waals surface area contributed by atoms with E-state index in [1.165, 1.54) is 10.8 Å². The van der Waals surface area contributed by atoms with Gasteiger partial charge >= 0.3 is 17.6 Å². The van der Waals surface area contributed by atoms with Crippen LogP contribution in [0.25, 0.3) is 0 Å². The molecule has 43 heavy (non-hydrogen) atoms. The summed E-state index contributed by atoms with van der Waals surface area (Å²) in [5.74, 6) is -1.14. The number of nitrogens with one attached hydrogen (secondary N) is 1. The van der Waals surface area contributed by atoms with Crippen molar-refractivity contribution in [2.24, 2.45) is 0 Å². The number of nitrogens with zero attached hydrogens (tertiary/aromatic N) is 1. The van der Waals surface area contributed by atoms with Gasteiger partial charge in [-0.15, -0.1) is 0 Å². The maximum Gasteiger partial charge on any atom is 0.338 e. The van der Waals surface area contributed by atoms with Crippen LogP contribution < -0.4 is 11.2 Å². The maximum absolute atomic E-state index is 13.0. The van der Waals surface area contributed by atoms with Crippen LogP contribution in [-0.2, 0) is 32.2 Å². The van der Waals surface area contributed by atoms with Gasteiger partial charge in [-0.25, -0.2) is 14.4 Å². The number of aryl methyl sites for hydroxylation is 2. The van der Waals surface area contributed by atoms with Crippen molar-refractivity contribution in [2.45, 2.75) is 51.9 Å². The normalized spacial score (nSPS) is 17.9. The lowest BCUT2D eigenvalue weighted by Crippen LogP contribution is -2.34. The predicted molar refractivity (Wildman–Crippen MR) is 157 cm³/mol. The Balaban J connectivity index is 1.33. The Morgan fingerprint density at radius 1 is 0.860 bits per heavy atom. The summed E-state index contributed by atoms with van der Waals surface area (Å²) >= 11 is 0. The van der Waals surface area contributed by atoms with Crippen LogP contribution >= 0.6 is 0 Å². The molecular weight excluding hydrogens is 552 g/mol. The Bertz CT molecular complexity index is 1680. The molecular formula is C33H32N2O8. The minimum Gasteiger partial charge on any atom is -0.459 e. The Hall–Kier alpha value is -4.80. The van der Waals surface area contributed by atoms with Crippen molar-refractivity contribution >= 4 is 11.9 Å². The standard InChI is InChI=1S/C33H32N2O8/c1-21-8-12-24(13-9-21)31(37)41-20-28-27(43-32(38)25-14-10-22(2)11-15-25)16-29(42-28)35-17-26(30(36)34-33(35)39)19-40-18-23-6-4-3-5-7-23/h3-15,17,27-29H,16,18-20H2,1-2H3,(H,34,36,39)/t27-,28+,29+/m0/s1. The smallest absolute Gasteiger partial charge is 0.338 e. The third kappa shape index (κ3) is 7.54. The lowest BCUT2D eigenvalue weighted by atomic mass is 10.1. The molecule has 0 amide bonds. The average Bonchev–Trinajstić information content (AvgIpc) is 3.40. The largest absolute Gasteiger partial charge is 0.459 e. The summed E-state index contributed by atoms with van der Waals surface area (Å²) in [5, 5.41) is 0. The van der Waals surface area contributed by atoms with Crippen molar-refractivity contribution in [3.8, 4) is 0 Å². The summed E-state index contributed by atoms with van der Waals surface area (Å²) in [5.41, 5.74) is 2.60. The molecule has 1 saturated heterocycles. The quantitative estimate of drug-likeness (QED) is 0.275. The molecule has 0 saturated carbocycles. The van der Waals surface area contributed by atoms with Gasteiger partial charge in [0.25, 0.3) is 5.56 Å². The highest BCUT2D eigenvalue weighted by Crippen LogP contribution is 2.31. The Morgan fingerprint density at radius 3 is 2.14 bits per heavy atom. The molecule has 3 atom stereocenters. The number of benzene rings is 3. The van der Waals surface area contributed by atoms with E-state index in [0.717, 1.165) is 16.7 Å². The van der Waals surface area contributed by atoms with Crippen molar-refractivity contribution in [3.63, 3.8) is 0 Å². The molecule has 10 heteroatoms. The van der Waals surface area contributed by atoms with Gasteiger partial charge in [0.15, 0.2) is 0 Å². The van der Waals surface area contributed by atoms with Crippen LogP contribution in [0, 0.1) is 13.8 Å². The van der Waals surface area contributed by atoms with Gasteiger partial charge in [0.2, 0.25) is 0 Å². The van der Waals surface area contributed by atoms with E-state index < -0.39 is 41.6 Å². The molecule has 0 radical (unpaired) electrons. The molecule has 10 nitrogen and oxygen atoms in total. The SMILES string of the molecule is Cc1ccc(C(=O)OC[C@H]2O[C@@H](n3cc(COCc4ccccc4)c(=O)[nH]c3=O)C[C@@H]2OC(=O)c2ccc(C)cc2)cc1. The number of H-pyrrole nitrogens is 1. The number of hydrogen-bond acceptors (Lipinski definition) is 8. The summed E-state index contributed by atoms with van der Waals surface area (Å²) in [6, 6.07) is 23.3. The zero-order valence-corrected chi connectivity index (χ0v) is 23.9. The second-order valence-corrected chi connectivity index (χ2v) is 10.4. The van der Waals surface area contributed by atoms with Crippen LogP contribution in [0.15, 0.2) is 94.6 Å². The molecule has 1 aromatic heterocycles. The highest BCUT2D eigenvalue weighted by Gasteiger charge is 2.40. The second kappa shape index (κ2) is 13.5. The van der Waals surface area contributed by atoms with Crippen LogP contribution in [-0.4, -0.2) is 40.3 Å². The summed E-state index contributed by atoms with van der Waals surface area (Å²) in [4.78, 5) is 53.3. The van der Waals surface area contributed by atoms with E-state index in [9.17, 15) is 19.2 Å². The first-order valence-corrected chi connectivity index (χ1v) is 13.9. The molecule has 1 aliphatic heterocycles. The minimum absolute atomic E-state index is 0.0410. The number of ether oxygens (including phenoxy) is 4. The fourth-order valence-corrected chi connectivity index (χ4v) is 4.67. The van der Waals surface area contributed by atoms with Gasteiger partial charge in [-0.2, -0.15) is 0 Å². The first-order valence-electron chi connectivity index (χ1n) is 13.9. The summed E-state index contributed by atoms with van der Waals surface area (Å²) in [6.07, 6.45) is -1.15.